The Morgan fingerprint density at radius 2 is 1.69 bits per heavy atom. The Morgan fingerprint density at radius 1 is 1.08 bits per heavy atom. The van der Waals surface area contributed by atoms with Gasteiger partial charge in [-0.2, -0.15) is 0 Å². The van der Waals surface area contributed by atoms with E-state index in [1.165, 1.54) is 15.9 Å². The topological polar surface area (TPSA) is 12.4 Å². The molecule has 13 heavy (non-hydrogen) atoms. The van der Waals surface area contributed by atoms with Crippen molar-refractivity contribution >= 4 is 45.2 Å². The Morgan fingerprint density at radius 3 is 2.31 bits per heavy atom. The zero-order valence-corrected chi connectivity index (χ0v) is 9.25. The van der Waals surface area contributed by atoms with Crippen molar-refractivity contribution in [2.75, 3.05) is 11.5 Å². The predicted molar refractivity (Wildman–Crippen MR) is 63.5 cm³/mol. The molecule has 0 atom stereocenters. The van der Waals surface area contributed by atoms with E-state index in [4.69, 9.17) is 11.6 Å². The van der Waals surface area contributed by atoms with Gasteiger partial charge < -0.3 is 0 Å². The molecule has 0 spiro atoms. The standard InChI is InChI=1S/C9H8ClNS2/c10-7-1-3-8(4-2-7)11-9-12-5-6-13-9/h1-4H,5-6H2. The summed E-state index contributed by atoms with van der Waals surface area (Å²) in [5, 5.41) is 0.760. The Balaban J connectivity index is 2.17. The van der Waals surface area contributed by atoms with E-state index in [0.29, 0.717) is 0 Å². The Hall–Kier alpha value is -0.120. The smallest absolute Gasteiger partial charge is 0.130 e. The van der Waals surface area contributed by atoms with Crippen LogP contribution in [0.25, 0.3) is 0 Å². The molecule has 0 aliphatic carbocycles. The molecular weight excluding hydrogens is 222 g/mol. The molecule has 1 nitrogen and oxygen atoms in total. The minimum Gasteiger partial charge on any atom is -0.235 e. The van der Waals surface area contributed by atoms with Gasteiger partial charge >= 0.3 is 0 Å². The van der Waals surface area contributed by atoms with Gasteiger partial charge in [0.1, 0.15) is 4.38 Å². The fourth-order valence-electron chi connectivity index (χ4n) is 0.985. The fourth-order valence-corrected chi connectivity index (χ4v) is 3.30. The van der Waals surface area contributed by atoms with Crippen molar-refractivity contribution in [3.8, 4) is 0 Å². The van der Waals surface area contributed by atoms with Crippen LogP contribution in [0.1, 0.15) is 0 Å². The summed E-state index contributed by atoms with van der Waals surface area (Å²) in [5.41, 5.74) is 0.987. The molecule has 1 aromatic carbocycles. The maximum Gasteiger partial charge on any atom is 0.130 e. The van der Waals surface area contributed by atoms with Gasteiger partial charge in [-0.15, -0.1) is 0 Å². The SMILES string of the molecule is Clc1ccc(N=C2SCCS2)cc1. The van der Waals surface area contributed by atoms with Crippen LogP contribution in [0.4, 0.5) is 5.69 Å². The van der Waals surface area contributed by atoms with E-state index in [-0.39, 0.29) is 0 Å². The molecule has 0 radical (unpaired) electrons. The van der Waals surface area contributed by atoms with E-state index in [0.717, 1.165) is 10.7 Å². The van der Waals surface area contributed by atoms with Crippen LogP contribution in [0, 0.1) is 0 Å². The summed E-state index contributed by atoms with van der Waals surface area (Å²) in [6.45, 7) is 0. The summed E-state index contributed by atoms with van der Waals surface area (Å²) in [4.78, 5) is 4.48. The maximum atomic E-state index is 5.77. The summed E-state index contributed by atoms with van der Waals surface area (Å²) in [7, 11) is 0. The third-order valence-corrected chi connectivity index (χ3v) is 4.29. The largest absolute Gasteiger partial charge is 0.235 e. The van der Waals surface area contributed by atoms with Gasteiger partial charge in [0.25, 0.3) is 0 Å². The van der Waals surface area contributed by atoms with Crippen molar-refractivity contribution < 1.29 is 0 Å². The molecule has 1 aromatic rings. The lowest BCUT2D eigenvalue weighted by Gasteiger charge is -1.95. The first-order chi connectivity index (χ1) is 6.34. The molecule has 1 saturated heterocycles. The lowest BCUT2D eigenvalue weighted by atomic mass is 10.3. The highest BCUT2D eigenvalue weighted by Crippen LogP contribution is 2.29. The van der Waals surface area contributed by atoms with Gasteiger partial charge in [0.15, 0.2) is 0 Å². The molecule has 0 aromatic heterocycles. The second kappa shape index (κ2) is 4.40. The zero-order chi connectivity index (χ0) is 9.10. The second-order valence-electron chi connectivity index (χ2n) is 2.55. The van der Waals surface area contributed by atoms with Crippen molar-refractivity contribution in [1.82, 2.24) is 0 Å². The number of benzene rings is 1. The normalized spacial score (nSPS) is 16.2. The molecule has 1 aliphatic rings. The number of nitrogens with zero attached hydrogens (tertiary/aromatic N) is 1. The minimum absolute atomic E-state index is 0.760. The number of rotatable bonds is 1. The predicted octanol–water partition coefficient (Wildman–Crippen LogP) is 3.81. The van der Waals surface area contributed by atoms with Gasteiger partial charge in [0.05, 0.1) is 5.69 Å². The minimum atomic E-state index is 0.760. The third-order valence-electron chi connectivity index (χ3n) is 1.58. The molecule has 1 aliphatic heterocycles. The Kier molecular flexibility index (Phi) is 3.19. The van der Waals surface area contributed by atoms with Crippen LogP contribution < -0.4 is 0 Å². The highest BCUT2D eigenvalue weighted by molar-refractivity contribution is 8.41. The second-order valence-corrected chi connectivity index (χ2v) is 5.41. The zero-order valence-electron chi connectivity index (χ0n) is 6.87. The number of hydrogen-bond acceptors (Lipinski definition) is 3. The van der Waals surface area contributed by atoms with E-state index in [2.05, 4.69) is 4.99 Å². The fraction of sp³-hybridized carbons (Fsp3) is 0.222. The van der Waals surface area contributed by atoms with Crippen molar-refractivity contribution in [1.29, 1.82) is 0 Å². The Bertz CT molecular complexity index is 313. The number of thioether (sulfide) groups is 2. The van der Waals surface area contributed by atoms with Gasteiger partial charge in [-0.25, -0.2) is 4.99 Å². The summed E-state index contributed by atoms with van der Waals surface area (Å²) < 4.78 is 1.17. The van der Waals surface area contributed by atoms with Crippen LogP contribution in [0.15, 0.2) is 29.3 Å². The monoisotopic (exact) mass is 229 g/mol. The van der Waals surface area contributed by atoms with Crippen LogP contribution in [0.2, 0.25) is 5.02 Å². The molecule has 0 unspecified atom stereocenters. The highest BCUT2D eigenvalue weighted by atomic mass is 35.5. The molecule has 4 heteroatoms. The summed E-state index contributed by atoms with van der Waals surface area (Å²) >= 11 is 9.41. The van der Waals surface area contributed by atoms with Crippen molar-refractivity contribution in [2.24, 2.45) is 4.99 Å². The molecule has 0 saturated carbocycles. The highest BCUT2D eigenvalue weighted by Gasteiger charge is 2.09. The Labute approximate surface area is 91.0 Å². The number of aliphatic imine (C=N–C) groups is 1. The van der Waals surface area contributed by atoms with Gasteiger partial charge in [0, 0.05) is 16.5 Å². The molecular formula is C9H8ClNS2. The number of halogens is 1. The van der Waals surface area contributed by atoms with Gasteiger partial charge in [-0.1, -0.05) is 35.1 Å². The van der Waals surface area contributed by atoms with Gasteiger partial charge in [0.2, 0.25) is 0 Å². The summed E-state index contributed by atoms with van der Waals surface area (Å²) in [6, 6.07) is 7.61. The average Bonchev–Trinajstić information content (AvgIpc) is 2.62. The molecule has 0 N–H and O–H groups in total. The van der Waals surface area contributed by atoms with E-state index in [9.17, 15) is 0 Å². The first kappa shape index (κ1) is 9.44. The summed E-state index contributed by atoms with van der Waals surface area (Å²) in [5.74, 6) is 2.36. The van der Waals surface area contributed by atoms with Crippen LogP contribution >= 0.6 is 35.1 Å². The van der Waals surface area contributed by atoms with E-state index in [1.807, 2.05) is 47.8 Å². The van der Waals surface area contributed by atoms with Crippen molar-refractivity contribution in [2.45, 2.75) is 0 Å². The number of hydrogen-bond donors (Lipinski definition) is 0. The van der Waals surface area contributed by atoms with Crippen LogP contribution in [0.5, 0.6) is 0 Å². The van der Waals surface area contributed by atoms with E-state index in [1.54, 1.807) is 0 Å². The van der Waals surface area contributed by atoms with Crippen molar-refractivity contribution in [3.63, 3.8) is 0 Å². The first-order valence-electron chi connectivity index (χ1n) is 3.94. The molecule has 2 rings (SSSR count). The van der Waals surface area contributed by atoms with Gasteiger partial charge in [-0.3, -0.25) is 0 Å². The lowest BCUT2D eigenvalue weighted by molar-refractivity contribution is 1.55. The maximum absolute atomic E-state index is 5.77. The van der Waals surface area contributed by atoms with Crippen LogP contribution in [-0.2, 0) is 0 Å². The molecule has 0 bridgehead atoms. The molecule has 68 valence electrons. The lowest BCUT2D eigenvalue weighted by Crippen LogP contribution is -1.74. The van der Waals surface area contributed by atoms with Crippen LogP contribution in [0.3, 0.4) is 0 Å². The molecule has 1 fully saturated rings. The van der Waals surface area contributed by atoms with Crippen LogP contribution in [-0.4, -0.2) is 15.9 Å². The van der Waals surface area contributed by atoms with Gasteiger partial charge in [-0.05, 0) is 24.3 Å². The van der Waals surface area contributed by atoms with E-state index < -0.39 is 0 Å². The average molecular weight is 230 g/mol. The quantitative estimate of drug-likeness (QED) is 0.726. The third kappa shape index (κ3) is 2.66. The first-order valence-corrected chi connectivity index (χ1v) is 6.29. The van der Waals surface area contributed by atoms with Crippen molar-refractivity contribution in [3.05, 3.63) is 29.3 Å². The summed E-state index contributed by atoms with van der Waals surface area (Å²) in [6.07, 6.45) is 0. The molecule has 0 amide bonds. The van der Waals surface area contributed by atoms with E-state index >= 15 is 0 Å². The molecule has 1 heterocycles.